The highest BCUT2D eigenvalue weighted by Gasteiger charge is 2.16. The molecule has 1 aromatic rings. The third-order valence-corrected chi connectivity index (χ3v) is 2.86. The molecular formula is C15H21NO2. The molecule has 0 radical (unpaired) electrons. The number of rotatable bonds is 4. The zero-order chi connectivity index (χ0) is 13.0. The van der Waals surface area contributed by atoms with Crippen LogP contribution in [-0.4, -0.2) is 12.7 Å². The van der Waals surface area contributed by atoms with Gasteiger partial charge in [-0.05, 0) is 50.5 Å². The lowest BCUT2D eigenvalue weighted by Crippen LogP contribution is -2.18. The Morgan fingerprint density at radius 3 is 2.83 bits per heavy atom. The van der Waals surface area contributed by atoms with Gasteiger partial charge < -0.3 is 15.2 Å². The molecule has 2 N–H and O–H groups in total. The Hall–Kier alpha value is -1.48. The van der Waals surface area contributed by atoms with Gasteiger partial charge in [-0.3, -0.25) is 0 Å². The molecule has 0 aliphatic carbocycles. The molecule has 1 unspecified atom stereocenters. The second-order valence-electron chi connectivity index (χ2n) is 4.81. The van der Waals surface area contributed by atoms with E-state index in [-0.39, 0.29) is 12.1 Å². The van der Waals surface area contributed by atoms with Crippen molar-refractivity contribution in [1.29, 1.82) is 0 Å². The molecule has 0 bridgehead atoms. The largest absolute Gasteiger partial charge is 0.496 e. The maximum Gasteiger partial charge on any atom is 0.120 e. The van der Waals surface area contributed by atoms with Crippen LogP contribution in [0, 0.1) is 0 Å². The summed E-state index contributed by atoms with van der Waals surface area (Å²) in [6.07, 6.45) is 4.38. The number of benzene rings is 1. The first kappa shape index (κ1) is 13.0. The molecule has 18 heavy (non-hydrogen) atoms. The lowest BCUT2D eigenvalue weighted by molar-refractivity contribution is 0.175. The monoisotopic (exact) mass is 247 g/mol. The molecule has 98 valence electrons. The Labute approximate surface area is 109 Å². The molecule has 1 aliphatic heterocycles. The SMILES string of the molecule is CC(C)Oc1cccc(C(N)C2=CCCCO2)c1. The first-order valence-corrected chi connectivity index (χ1v) is 6.52. The predicted molar refractivity (Wildman–Crippen MR) is 72.4 cm³/mol. The normalized spacial score (nSPS) is 17.0. The summed E-state index contributed by atoms with van der Waals surface area (Å²) in [5.41, 5.74) is 7.25. The van der Waals surface area contributed by atoms with Crippen molar-refractivity contribution < 1.29 is 9.47 Å². The number of hydrogen-bond donors (Lipinski definition) is 1. The van der Waals surface area contributed by atoms with Gasteiger partial charge in [-0.25, -0.2) is 0 Å². The fourth-order valence-corrected chi connectivity index (χ4v) is 2.01. The van der Waals surface area contributed by atoms with Crippen LogP contribution in [0.1, 0.15) is 38.3 Å². The van der Waals surface area contributed by atoms with Crippen molar-refractivity contribution in [3.63, 3.8) is 0 Å². The van der Waals surface area contributed by atoms with Crippen molar-refractivity contribution in [1.82, 2.24) is 0 Å². The fraction of sp³-hybridized carbons (Fsp3) is 0.467. The average Bonchev–Trinajstić information content (AvgIpc) is 2.38. The van der Waals surface area contributed by atoms with Gasteiger partial charge in [0.2, 0.25) is 0 Å². The minimum Gasteiger partial charge on any atom is -0.496 e. The highest BCUT2D eigenvalue weighted by atomic mass is 16.5. The topological polar surface area (TPSA) is 44.5 Å². The first-order chi connectivity index (χ1) is 8.66. The zero-order valence-corrected chi connectivity index (χ0v) is 11.1. The molecule has 0 spiro atoms. The van der Waals surface area contributed by atoms with Crippen LogP contribution >= 0.6 is 0 Å². The van der Waals surface area contributed by atoms with E-state index in [4.69, 9.17) is 15.2 Å². The van der Waals surface area contributed by atoms with Crippen LogP contribution < -0.4 is 10.5 Å². The molecule has 1 atom stereocenters. The van der Waals surface area contributed by atoms with Crippen molar-refractivity contribution in [2.75, 3.05) is 6.61 Å². The van der Waals surface area contributed by atoms with E-state index in [2.05, 4.69) is 6.08 Å². The van der Waals surface area contributed by atoms with Crippen molar-refractivity contribution in [2.24, 2.45) is 5.73 Å². The smallest absolute Gasteiger partial charge is 0.120 e. The van der Waals surface area contributed by atoms with Gasteiger partial charge in [0.15, 0.2) is 0 Å². The van der Waals surface area contributed by atoms with Crippen molar-refractivity contribution in [3.8, 4) is 5.75 Å². The summed E-state index contributed by atoms with van der Waals surface area (Å²) in [7, 11) is 0. The van der Waals surface area contributed by atoms with Crippen LogP contribution in [0.3, 0.4) is 0 Å². The molecule has 0 amide bonds. The molecule has 0 fully saturated rings. The van der Waals surface area contributed by atoms with Crippen molar-refractivity contribution >= 4 is 0 Å². The number of allylic oxidation sites excluding steroid dienone is 1. The quantitative estimate of drug-likeness (QED) is 0.888. The molecule has 0 saturated heterocycles. The number of ether oxygens (including phenoxy) is 2. The van der Waals surface area contributed by atoms with Crippen LogP contribution in [0.4, 0.5) is 0 Å². The number of hydrogen-bond acceptors (Lipinski definition) is 3. The van der Waals surface area contributed by atoms with Gasteiger partial charge in [-0.1, -0.05) is 12.1 Å². The molecular weight excluding hydrogens is 226 g/mol. The Bertz CT molecular complexity index is 426. The van der Waals surface area contributed by atoms with Gasteiger partial charge in [0, 0.05) is 0 Å². The second-order valence-corrected chi connectivity index (χ2v) is 4.81. The van der Waals surface area contributed by atoms with Gasteiger partial charge in [0.1, 0.15) is 11.5 Å². The van der Waals surface area contributed by atoms with E-state index in [1.165, 1.54) is 0 Å². The summed E-state index contributed by atoms with van der Waals surface area (Å²) < 4.78 is 11.3. The van der Waals surface area contributed by atoms with Gasteiger partial charge in [-0.2, -0.15) is 0 Å². The molecule has 1 aromatic carbocycles. The predicted octanol–water partition coefficient (Wildman–Crippen LogP) is 3.17. The molecule has 1 aliphatic rings. The van der Waals surface area contributed by atoms with E-state index < -0.39 is 0 Å². The second kappa shape index (κ2) is 5.91. The van der Waals surface area contributed by atoms with Crippen LogP contribution in [0.5, 0.6) is 5.75 Å². The van der Waals surface area contributed by atoms with Gasteiger partial charge in [0.25, 0.3) is 0 Å². The maximum atomic E-state index is 6.22. The molecule has 0 saturated carbocycles. The summed E-state index contributed by atoms with van der Waals surface area (Å²) in [6.45, 7) is 4.79. The van der Waals surface area contributed by atoms with Crippen LogP contribution in [-0.2, 0) is 4.74 Å². The number of nitrogens with two attached hydrogens (primary N) is 1. The first-order valence-electron chi connectivity index (χ1n) is 6.52. The van der Waals surface area contributed by atoms with E-state index in [0.29, 0.717) is 0 Å². The molecule has 1 heterocycles. The minimum atomic E-state index is -0.194. The Morgan fingerprint density at radius 2 is 2.17 bits per heavy atom. The summed E-state index contributed by atoms with van der Waals surface area (Å²) in [4.78, 5) is 0. The average molecular weight is 247 g/mol. The van der Waals surface area contributed by atoms with Gasteiger partial charge in [-0.15, -0.1) is 0 Å². The molecule has 3 nitrogen and oxygen atoms in total. The van der Waals surface area contributed by atoms with Crippen LogP contribution in [0.2, 0.25) is 0 Å². The summed E-state index contributed by atoms with van der Waals surface area (Å²) >= 11 is 0. The van der Waals surface area contributed by atoms with Crippen molar-refractivity contribution in [2.45, 2.75) is 38.8 Å². The highest BCUT2D eigenvalue weighted by Crippen LogP contribution is 2.26. The van der Waals surface area contributed by atoms with E-state index >= 15 is 0 Å². The highest BCUT2D eigenvalue weighted by molar-refractivity contribution is 5.33. The van der Waals surface area contributed by atoms with E-state index in [1.807, 2.05) is 38.1 Å². The Balaban J connectivity index is 2.14. The summed E-state index contributed by atoms with van der Waals surface area (Å²) in [5.74, 6) is 1.73. The lowest BCUT2D eigenvalue weighted by atomic mass is 10.0. The standard InChI is InChI=1S/C15H21NO2/c1-11(2)18-13-7-5-6-12(10-13)15(16)14-8-3-4-9-17-14/h5-8,10-11,15H,3-4,9,16H2,1-2H3. The molecule has 2 rings (SSSR count). The Kier molecular flexibility index (Phi) is 4.26. The minimum absolute atomic E-state index is 0.168. The third-order valence-electron chi connectivity index (χ3n) is 2.86. The van der Waals surface area contributed by atoms with Crippen LogP contribution in [0.25, 0.3) is 0 Å². The van der Waals surface area contributed by atoms with E-state index in [1.54, 1.807) is 0 Å². The van der Waals surface area contributed by atoms with E-state index in [0.717, 1.165) is 36.5 Å². The maximum absolute atomic E-state index is 6.22. The summed E-state index contributed by atoms with van der Waals surface area (Å²) in [6, 6.07) is 7.73. The van der Waals surface area contributed by atoms with Crippen LogP contribution in [0.15, 0.2) is 36.1 Å². The fourth-order valence-electron chi connectivity index (χ4n) is 2.01. The third kappa shape index (κ3) is 3.26. The van der Waals surface area contributed by atoms with E-state index in [9.17, 15) is 0 Å². The Morgan fingerprint density at radius 1 is 1.33 bits per heavy atom. The van der Waals surface area contributed by atoms with Crippen molar-refractivity contribution in [3.05, 3.63) is 41.7 Å². The summed E-state index contributed by atoms with van der Waals surface area (Å²) in [5, 5.41) is 0. The molecule has 0 aromatic heterocycles. The van der Waals surface area contributed by atoms with Gasteiger partial charge in [0.05, 0.1) is 18.8 Å². The zero-order valence-electron chi connectivity index (χ0n) is 11.1. The molecule has 3 heteroatoms. The van der Waals surface area contributed by atoms with Gasteiger partial charge >= 0.3 is 0 Å². The lowest BCUT2D eigenvalue weighted by Gasteiger charge is -2.21.